The van der Waals surface area contributed by atoms with Crippen LogP contribution >= 0.6 is 11.3 Å². The highest BCUT2D eigenvalue weighted by molar-refractivity contribution is 7.21. The SMILES string of the molecule is Cc1ccc2nc(-c3ccc(NC(=O)[C@@H](C)N4CCC(O)CC4)cc3)sc2c1. The van der Waals surface area contributed by atoms with Gasteiger partial charge in [0.1, 0.15) is 5.01 Å². The molecule has 2 aromatic carbocycles. The van der Waals surface area contributed by atoms with Gasteiger partial charge in [-0.2, -0.15) is 0 Å². The molecule has 0 bridgehead atoms. The monoisotopic (exact) mass is 395 g/mol. The molecule has 3 aromatic rings. The fourth-order valence-electron chi connectivity index (χ4n) is 3.54. The lowest BCUT2D eigenvalue weighted by atomic mass is 10.1. The minimum Gasteiger partial charge on any atom is -0.393 e. The number of nitrogens with zero attached hydrogens (tertiary/aromatic N) is 2. The zero-order valence-electron chi connectivity index (χ0n) is 16.2. The molecule has 1 amide bonds. The molecule has 0 radical (unpaired) electrons. The summed E-state index contributed by atoms with van der Waals surface area (Å²) in [6, 6.07) is 13.9. The predicted octanol–water partition coefficient (Wildman–Crippen LogP) is 4.06. The minimum atomic E-state index is -0.231. The van der Waals surface area contributed by atoms with Gasteiger partial charge in [-0.05, 0) is 68.7 Å². The van der Waals surface area contributed by atoms with Crippen LogP contribution in [0.3, 0.4) is 0 Å². The van der Waals surface area contributed by atoms with Gasteiger partial charge >= 0.3 is 0 Å². The van der Waals surface area contributed by atoms with Gasteiger partial charge in [0.25, 0.3) is 0 Å². The number of carbonyl (C=O) groups is 1. The first-order valence-electron chi connectivity index (χ1n) is 9.70. The van der Waals surface area contributed by atoms with Crippen molar-refractivity contribution in [2.75, 3.05) is 18.4 Å². The predicted molar refractivity (Wildman–Crippen MR) is 115 cm³/mol. The molecular weight excluding hydrogens is 370 g/mol. The fourth-order valence-corrected chi connectivity index (χ4v) is 4.61. The van der Waals surface area contributed by atoms with Crippen LogP contribution < -0.4 is 5.32 Å². The van der Waals surface area contributed by atoms with E-state index in [0.717, 1.165) is 47.7 Å². The molecule has 1 fully saturated rings. The van der Waals surface area contributed by atoms with Crippen molar-refractivity contribution in [2.24, 2.45) is 0 Å². The maximum atomic E-state index is 12.6. The lowest BCUT2D eigenvalue weighted by molar-refractivity contribution is -0.121. The Kier molecular flexibility index (Phi) is 5.44. The van der Waals surface area contributed by atoms with Crippen molar-refractivity contribution < 1.29 is 9.90 Å². The number of hydrogen-bond donors (Lipinski definition) is 2. The Labute approximate surface area is 169 Å². The Morgan fingerprint density at radius 2 is 1.93 bits per heavy atom. The van der Waals surface area contributed by atoms with Gasteiger partial charge in [-0.15, -0.1) is 11.3 Å². The molecule has 0 saturated carbocycles. The van der Waals surface area contributed by atoms with Crippen LogP contribution in [0.25, 0.3) is 20.8 Å². The molecule has 1 aromatic heterocycles. The van der Waals surface area contributed by atoms with E-state index in [9.17, 15) is 9.90 Å². The fraction of sp³-hybridized carbons (Fsp3) is 0.364. The molecule has 1 aliphatic heterocycles. The van der Waals surface area contributed by atoms with Crippen LogP contribution in [-0.2, 0) is 4.79 Å². The first kappa shape index (κ1) is 19.1. The number of aryl methyl sites for hydroxylation is 1. The number of anilines is 1. The standard InChI is InChI=1S/C22H25N3O2S/c1-14-3-8-19-20(13-14)28-22(24-19)16-4-6-17(7-5-16)23-21(27)15(2)25-11-9-18(26)10-12-25/h3-8,13,15,18,26H,9-12H2,1-2H3,(H,23,27)/t15-/m1/s1. The number of hydrogen-bond acceptors (Lipinski definition) is 5. The van der Waals surface area contributed by atoms with E-state index in [1.165, 1.54) is 10.3 Å². The van der Waals surface area contributed by atoms with Crippen LogP contribution in [0.2, 0.25) is 0 Å². The van der Waals surface area contributed by atoms with Crippen LogP contribution in [0.4, 0.5) is 5.69 Å². The number of carbonyl (C=O) groups excluding carboxylic acids is 1. The number of amides is 1. The largest absolute Gasteiger partial charge is 0.393 e. The Hall–Kier alpha value is -2.28. The van der Waals surface area contributed by atoms with E-state index in [1.807, 2.05) is 31.2 Å². The summed E-state index contributed by atoms with van der Waals surface area (Å²) in [5.74, 6) is -0.0143. The lowest BCUT2D eigenvalue weighted by Crippen LogP contribution is -2.47. The van der Waals surface area contributed by atoms with Gasteiger partial charge in [-0.25, -0.2) is 4.98 Å². The van der Waals surface area contributed by atoms with Crippen LogP contribution in [-0.4, -0.2) is 46.1 Å². The van der Waals surface area contributed by atoms with Gasteiger partial charge in [0.15, 0.2) is 0 Å². The zero-order valence-corrected chi connectivity index (χ0v) is 17.0. The van der Waals surface area contributed by atoms with Crippen molar-refractivity contribution in [2.45, 2.75) is 38.8 Å². The minimum absolute atomic E-state index is 0.0143. The van der Waals surface area contributed by atoms with Crippen molar-refractivity contribution in [3.8, 4) is 10.6 Å². The molecule has 1 atom stereocenters. The lowest BCUT2D eigenvalue weighted by Gasteiger charge is -2.33. The molecule has 5 nitrogen and oxygen atoms in total. The molecule has 28 heavy (non-hydrogen) atoms. The second-order valence-electron chi connectivity index (χ2n) is 7.50. The molecule has 2 heterocycles. The Bertz CT molecular complexity index is 975. The quantitative estimate of drug-likeness (QED) is 0.699. The van der Waals surface area contributed by atoms with Gasteiger partial charge in [0, 0.05) is 24.3 Å². The number of aliphatic hydroxyl groups excluding tert-OH is 1. The van der Waals surface area contributed by atoms with Crippen LogP contribution in [0, 0.1) is 6.92 Å². The normalized spacial score (nSPS) is 17.0. The number of likely N-dealkylation sites (tertiary alicyclic amines) is 1. The zero-order chi connectivity index (χ0) is 19.7. The van der Waals surface area contributed by atoms with Crippen molar-refractivity contribution in [3.05, 3.63) is 48.0 Å². The summed E-state index contributed by atoms with van der Waals surface area (Å²) in [6.07, 6.45) is 1.23. The highest BCUT2D eigenvalue weighted by atomic mass is 32.1. The molecule has 0 spiro atoms. The highest BCUT2D eigenvalue weighted by Gasteiger charge is 2.25. The number of aliphatic hydroxyl groups is 1. The van der Waals surface area contributed by atoms with Gasteiger partial charge in [0.2, 0.25) is 5.91 Å². The van der Waals surface area contributed by atoms with E-state index in [2.05, 4.69) is 35.3 Å². The summed E-state index contributed by atoms with van der Waals surface area (Å²) in [4.78, 5) is 19.4. The van der Waals surface area contributed by atoms with Crippen LogP contribution in [0.1, 0.15) is 25.3 Å². The van der Waals surface area contributed by atoms with Crippen molar-refractivity contribution in [3.63, 3.8) is 0 Å². The van der Waals surface area contributed by atoms with Crippen molar-refractivity contribution in [1.29, 1.82) is 0 Å². The van der Waals surface area contributed by atoms with Crippen LogP contribution in [0.15, 0.2) is 42.5 Å². The average molecular weight is 396 g/mol. The summed E-state index contributed by atoms with van der Waals surface area (Å²) >= 11 is 1.68. The van der Waals surface area contributed by atoms with E-state index >= 15 is 0 Å². The van der Waals surface area contributed by atoms with E-state index in [4.69, 9.17) is 4.98 Å². The topological polar surface area (TPSA) is 65.5 Å². The summed E-state index contributed by atoms with van der Waals surface area (Å²) in [6.45, 7) is 5.52. The first-order valence-corrected chi connectivity index (χ1v) is 10.5. The van der Waals surface area contributed by atoms with Gasteiger partial charge in [0.05, 0.1) is 22.4 Å². The average Bonchev–Trinajstić information content (AvgIpc) is 3.11. The third-order valence-electron chi connectivity index (χ3n) is 5.37. The number of benzene rings is 2. The van der Waals surface area contributed by atoms with E-state index in [0.29, 0.717) is 0 Å². The van der Waals surface area contributed by atoms with E-state index in [1.54, 1.807) is 11.3 Å². The van der Waals surface area contributed by atoms with Crippen molar-refractivity contribution in [1.82, 2.24) is 9.88 Å². The van der Waals surface area contributed by atoms with E-state index in [-0.39, 0.29) is 18.1 Å². The third-order valence-corrected chi connectivity index (χ3v) is 6.44. The molecule has 6 heteroatoms. The number of fused-ring (bicyclic) bond motifs is 1. The first-order chi connectivity index (χ1) is 13.5. The number of piperidine rings is 1. The van der Waals surface area contributed by atoms with Gasteiger partial charge in [-0.3, -0.25) is 9.69 Å². The maximum absolute atomic E-state index is 12.6. The Balaban J connectivity index is 1.43. The molecule has 0 aliphatic carbocycles. The van der Waals surface area contributed by atoms with Crippen molar-refractivity contribution >= 4 is 33.1 Å². The van der Waals surface area contributed by atoms with Gasteiger partial charge < -0.3 is 10.4 Å². The summed E-state index contributed by atoms with van der Waals surface area (Å²) < 4.78 is 1.19. The summed E-state index contributed by atoms with van der Waals surface area (Å²) in [7, 11) is 0. The molecule has 0 unspecified atom stereocenters. The molecule has 2 N–H and O–H groups in total. The number of rotatable bonds is 4. The van der Waals surface area contributed by atoms with E-state index < -0.39 is 0 Å². The number of aromatic nitrogens is 1. The molecule has 4 rings (SSSR count). The molecule has 1 aliphatic rings. The number of nitrogens with one attached hydrogen (secondary N) is 1. The smallest absolute Gasteiger partial charge is 0.241 e. The second-order valence-corrected chi connectivity index (χ2v) is 8.53. The third kappa shape index (κ3) is 4.09. The molecular formula is C22H25N3O2S. The number of thiazole rings is 1. The van der Waals surface area contributed by atoms with Crippen LogP contribution in [0.5, 0.6) is 0 Å². The summed E-state index contributed by atoms with van der Waals surface area (Å²) in [5.41, 5.74) is 4.09. The molecule has 146 valence electrons. The maximum Gasteiger partial charge on any atom is 0.241 e. The second kappa shape index (κ2) is 7.99. The summed E-state index contributed by atoms with van der Waals surface area (Å²) in [5, 5.41) is 13.6. The Morgan fingerprint density at radius 3 is 2.64 bits per heavy atom. The van der Waals surface area contributed by atoms with Gasteiger partial charge in [-0.1, -0.05) is 6.07 Å². The highest BCUT2D eigenvalue weighted by Crippen LogP contribution is 2.31. The molecule has 1 saturated heterocycles. The Morgan fingerprint density at radius 1 is 1.21 bits per heavy atom.